The summed E-state index contributed by atoms with van der Waals surface area (Å²) < 4.78 is 10.8. The van der Waals surface area contributed by atoms with Gasteiger partial charge in [0.05, 0.1) is 24.4 Å². The average molecular weight is 336 g/mol. The number of benzene rings is 2. The maximum Gasteiger partial charge on any atom is 0.174 e. The number of nitrogens with zero attached hydrogens (tertiary/aromatic N) is 1. The number of ether oxygens (including phenoxy) is 2. The fourth-order valence-corrected chi connectivity index (χ4v) is 2.32. The van der Waals surface area contributed by atoms with Crippen LogP contribution in [-0.4, -0.2) is 25.5 Å². The van der Waals surface area contributed by atoms with E-state index in [1.165, 1.54) is 7.11 Å². The third-order valence-electron chi connectivity index (χ3n) is 2.69. The molecule has 0 aliphatic heterocycles. The van der Waals surface area contributed by atoms with E-state index in [9.17, 15) is 5.11 Å². The topological polar surface area (TPSA) is 51.0 Å². The third-order valence-corrected chi connectivity index (χ3v) is 3.27. The predicted molar refractivity (Wildman–Crippen MR) is 82.6 cm³/mol. The fourth-order valence-electron chi connectivity index (χ4n) is 1.69. The number of halogens is 1. The summed E-state index contributed by atoms with van der Waals surface area (Å²) in [6.45, 7) is 0. The second kappa shape index (κ2) is 6.43. The van der Waals surface area contributed by atoms with Crippen molar-refractivity contribution < 1.29 is 14.6 Å². The molecule has 0 radical (unpaired) electrons. The fraction of sp³-hybridized carbons (Fsp3) is 0.133. The summed E-state index contributed by atoms with van der Waals surface area (Å²) in [4.78, 5) is 4.34. The highest BCUT2D eigenvalue weighted by atomic mass is 79.9. The quantitative estimate of drug-likeness (QED) is 0.861. The Morgan fingerprint density at radius 2 is 1.80 bits per heavy atom. The van der Waals surface area contributed by atoms with Crippen LogP contribution >= 0.6 is 15.9 Å². The Bertz CT molecular complexity index is 601. The molecule has 0 saturated heterocycles. The predicted octanol–water partition coefficient (Wildman–Crippen LogP) is 3.92. The van der Waals surface area contributed by atoms with Gasteiger partial charge in [0, 0.05) is 6.21 Å². The number of phenols is 1. The van der Waals surface area contributed by atoms with E-state index >= 15 is 0 Å². The average Bonchev–Trinajstić information content (AvgIpc) is 2.45. The number of methoxy groups -OCH3 is 2. The smallest absolute Gasteiger partial charge is 0.174 e. The summed E-state index contributed by atoms with van der Waals surface area (Å²) in [5, 5.41) is 9.80. The van der Waals surface area contributed by atoms with Gasteiger partial charge in [-0.15, -0.1) is 0 Å². The van der Waals surface area contributed by atoms with Crippen molar-refractivity contribution in [2.24, 2.45) is 4.99 Å². The van der Waals surface area contributed by atoms with Crippen LogP contribution in [0.25, 0.3) is 0 Å². The van der Waals surface area contributed by atoms with Gasteiger partial charge in [0.15, 0.2) is 11.5 Å². The Labute approximate surface area is 125 Å². The number of phenolic OH excluding ortho intramolecular Hbond substituents is 1. The zero-order valence-corrected chi connectivity index (χ0v) is 12.7. The molecule has 0 saturated carbocycles. The molecule has 1 N–H and O–H groups in total. The summed E-state index contributed by atoms with van der Waals surface area (Å²) in [7, 11) is 3.13. The SMILES string of the molecule is COc1ccc(N=Cc2cc(O)c(OC)c(Br)c2)cc1. The molecule has 0 aliphatic rings. The molecule has 0 aliphatic carbocycles. The van der Waals surface area contributed by atoms with Gasteiger partial charge in [0.1, 0.15) is 5.75 Å². The summed E-state index contributed by atoms with van der Waals surface area (Å²) in [6.07, 6.45) is 1.67. The minimum atomic E-state index is 0.0676. The Morgan fingerprint density at radius 1 is 1.10 bits per heavy atom. The molecule has 0 amide bonds. The highest BCUT2D eigenvalue weighted by Crippen LogP contribution is 2.35. The molecule has 5 heteroatoms. The molecule has 0 aromatic heterocycles. The van der Waals surface area contributed by atoms with E-state index in [1.807, 2.05) is 30.3 Å². The van der Waals surface area contributed by atoms with Crippen LogP contribution in [0.3, 0.4) is 0 Å². The number of hydrogen-bond acceptors (Lipinski definition) is 4. The van der Waals surface area contributed by atoms with E-state index in [0.717, 1.165) is 17.0 Å². The van der Waals surface area contributed by atoms with Gasteiger partial charge in [-0.3, -0.25) is 4.99 Å². The van der Waals surface area contributed by atoms with Gasteiger partial charge in [0.25, 0.3) is 0 Å². The van der Waals surface area contributed by atoms with Gasteiger partial charge in [-0.25, -0.2) is 0 Å². The van der Waals surface area contributed by atoms with Gasteiger partial charge < -0.3 is 14.6 Å². The molecule has 2 aromatic carbocycles. The van der Waals surface area contributed by atoms with Crippen LogP contribution in [0, 0.1) is 0 Å². The largest absolute Gasteiger partial charge is 0.504 e. The maximum atomic E-state index is 9.80. The van der Waals surface area contributed by atoms with Gasteiger partial charge in [-0.05, 0) is 57.9 Å². The first kappa shape index (κ1) is 14.4. The van der Waals surface area contributed by atoms with Crippen molar-refractivity contribution in [1.82, 2.24) is 0 Å². The van der Waals surface area contributed by atoms with Crippen molar-refractivity contribution in [1.29, 1.82) is 0 Å². The van der Waals surface area contributed by atoms with E-state index < -0.39 is 0 Å². The molecule has 0 unspecified atom stereocenters. The zero-order valence-electron chi connectivity index (χ0n) is 11.1. The molecular formula is C15H14BrNO3. The number of aliphatic imine (C=N–C) groups is 1. The Kier molecular flexibility index (Phi) is 4.63. The van der Waals surface area contributed by atoms with Crippen molar-refractivity contribution in [3.8, 4) is 17.2 Å². The summed E-state index contributed by atoms with van der Waals surface area (Å²) >= 11 is 3.34. The van der Waals surface area contributed by atoms with Crippen molar-refractivity contribution in [3.05, 3.63) is 46.4 Å². The lowest BCUT2D eigenvalue weighted by Crippen LogP contribution is -1.88. The lowest BCUT2D eigenvalue weighted by molar-refractivity contribution is 0.371. The highest BCUT2D eigenvalue weighted by molar-refractivity contribution is 9.10. The van der Waals surface area contributed by atoms with Crippen LogP contribution in [0.2, 0.25) is 0 Å². The molecule has 0 fully saturated rings. The van der Waals surface area contributed by atoms with Crippen LogP contribution in [0.4, 0.5) is 5.69 Å². The normalized spacial score (nSPS) is 10.8. The summed E-state index contributed by atoms with van der Waals surface area (Å²) in [5.74, 6) is 1.26. The number of rotatable bonds is 4. The van der Waals surface area contributed by atoms with Crippen molar-refractivity contribution in [3.63, 3.8) is 0 Å². The summed E-state index contributed by atoms with van der Waals surface area (Å²) in [5.41, 5.74) is 1.57. The third kappa shape index (κ3) is 3.30. The molecule has 0 atom stereocenters. The molecule has 2 aromatic rings. The Morgan fingerprint density at radius 3 is 2.35 bits per heavy atom. The highest BCUT2D eigenvalue weighted by Gasteiger charge is 2.07. The van der Waals surface area contributed by atoms with Crippen LogP contribution in [0.5, 0.6) is 17.2 Å². The number of hydrogen-bond donors (Lipinski definition) is 1. The maximum absolute atomic E-state index is 9.80. The molecule has 0 bridgehead atoms. The first-order valence-electron chi connectivity index (χ1n) is 5.88. The molecule has 20 heavy (non-hydrogen) atoms. The molecule has 4 nitrogen and oxygen atoms in total. The molecule has 0 spiro atoms. The Balaban J connectivity index is 2.22. The second-order valence-electron chi connectivity index (χ2n) is 4.01. The van der Waals surface area contributed by atoms with E-state index in [-0.39, 0.29) is 5.75 Å². The molecular weight excluding hydrogens is 322 g/mol. The lowest BCUT2D eigenvalue weighted by Gasteiger charge is -2.06. The van der Waals surface area contributed by atoms with E-state index in [2.05, 4.69) is 20.9 Å². The first-order valence-corrected chi connectivity index (χ1v) is 6.68. The van der Waals surface area contributed by atoms with E-state index in [4.69, 9.17) is 9.47 Å². The summed E-state index contributed by atoms with van der Waals surface area (Å²) in [6, 6.07) is 10.8. The van der Waals surface area contributed by atoms with Crippen molar-refractivity contribution >= 4 is 27.8 Å². The van der Waals surface area contributed by atoms with Crippen molar-refractivity contribution in [2.45, 2.75) is 0 Å². The van der Waals surface area contributed by atoms with Crippen molar-refractivity contribution in [2.75, 3.05) is 14.2 Å². The van der Waals surface area contributed by atoms with E-state index in [0.29, 0.717) is 10.2 Å². The first-order chi connectivity index (χ1) is 9.63. The number of aromatic hydroxyl groups is 1. The Hall–Kier alpha value is -2.01. The van der Waals surface area contributed by atoms with Gasteiger partial charge in [-0.2, -0.15) is 0 Å². The molecule has 104 valence electrons. The van der Waals surface area contributed by atoms with Crippen LogP contribution in [0.15, 0.2) is 45.9 Å². The van der Waals surface area contributed by atoms with Crippen LogP contribution in [-0.2, 0) is 0 Å². The second-order valence-corrected chi connectivity index (χ2v) is 4.87. The van der Waals surface area contributed by atoms with Gasteiger partial charge in [0.2, 0.25) is 0 Å². The van der Waals surface area contributed by atoms with Crippen LogP contribution in [0.1, 0.15) is 5.56 Å². The molecule has 0 heterocycles. The molecule has 2 rings (SSSR count). The standard InChI is InChI=1S/C15H14BrNO3/c1-19-12-5-3-11(4-6-12)17-9-10-7-13(16)15(20-2)14(18)8-10/h3-9,18H,1-2H3. The zero-order chi connectivity index (χ0) is 14.5. The van der Waals surface area contributed by atoms with E-state index in [1.54, 1.807) is 19.4 Å². The van der Waals surface area contributed by atoms with Gasteiger partial charge >= 0.3 is 0 Å². The van der Waals surface area contributed by atoms with Gasteiger partial charge in [-0.1, -0.05) is 0 Å². The minimum Gasteiger partial charge on any atom is -0.504 e. The lowest BCUT2D eigenvalue weighted by atomic mass is 10.2. The minimum absolute atomic E-state index is 0.0676. The van der Waals surface area contributed by atoms with Crippen LogP contribution < -0.4 is 9.47 Å². The monoisotopic (exact) mass is 335 g/mol.